The minimum atomic E-state index is -4.08. The van der Waals surface area contributed by atoms with Gasteiger partial charge in [-0.05, 0) is 24.3 Å². The summed E-state index contributed by atoms with van der Waals surface area (Å²) in [5.74, 6) is 0.575. The predicted octanol–water partition coefficient (Wildman–Crippen LogP) is 1.83. The van der Waals surface area contributed by atoms with Crippen LogP contribution in [-0.2, 0) is 19.6 Å². The Morgan fingerprint density at radius 2 is 1.81 bits per heavy atom. The number of carbonyl (C=O) groups excluding carboxylic acids is 1. The summed E-state index contributed by atoms with van der Waals surface area (Å²) in [7, 11) is -1.41. The Morgan fingerprint density at radius 3 is 2.52 bits per heavy atom. The van der Waals surface area contributed by atoms with E-state index < -0.39 is 22.5 Å². The Kier molecular flexibility index (Phi) is 5.41. The molecule has 0 unspecified atom stereocenters. The smallest absolute Gasteiger partial charge is 0.326 e. The van der Waals surface area contributed by atoms with Crippen molar-refractivity contribution >= 4 is 21.7 Å². The molecule has 0 saturated heterocycles. The second kappa shape index (κ2) is 7.75. The lowest BCUT2D eigenvalue weighted by atomic mass is 10.3. The summed E-state index contributed by atoms with van der Waals surface area (Å²) < 4.78 is 48.2. The summed E-state index contributed by atoms with van der Waals surface area (Å²) in [5.41, 5.74) is 0.273. The van der Waals surface area contributed by atoms with Crippen LogP contribution >= 0.6 is 0 Å². The van der Waals surface area contributed by atoms with Crippen LogP contribution < -0.4 is 18.5 Å². The molecule has 9 heteroatoms. The van der Waals surface area contributed by atoms with Gasteiger partial charge in [-0.25, -0.2) is 8.42 Å². The molecule has 0 radical (unpaired) electrons. The molecule has 1 aliphatic heterocycles. The van der Waals surface area contributed by atoms with Crippen LogP contribution in [0.15, 0.2) is 47.4 Å². The summed E-state index contributed by atoms with van der Waals surface area (Å²) in [6.07, 6.45) is 0. The standard InChI is InChI=1S/C18H19NO7S/c1-23-14-5-3-4-13(10-14)19(12-18(20)24-2)27(21,22)15-6-7-16-17(11-15)26-9-8-25-16/h3-7,10-11H,8-9,12H2,1-2H3. The highest BCUT2D eigenvalue weighted by molar-refractivity contribution is 7.92. The first-order valence-corrected chi connectivity index (χ1v) is 9.53. The van der Waals surface area contributed by atoms with Gasteiger partial charge in [0, 0.05) is 12.1 Å². The Hall–Kier alpha value is -2.94. The van der Waals surface area contributed by atoms with Gasteiger partial charge in [-0.3, -0.25) is 9.10 Å². The van der Waals surface area contributed by atoms with Crippen molar-refractivity contribution in [1.29, 1.82) is 0 Å². The third kappa shape index (κ3) is 3.92. The van der Waals surface area contributed by atoms with E-state index in [-0.39, 0.29) is 10.6 Å². The fourth-order valence-electron chi connectivity index (χ4n) is 2.57. The molecular weight excluding hydrogens is 374 g/mol. The molecule has 0 saturated carbocycles. The second-order valence-corrected chi connectivity index (χ2v) is 7.46. The molecule has 0 fully saturated rings. The van der Waals surface area contributed by atoms with Gasteiger partial charge < -0.3 is 18.9 Å². The Morgan fingerprint density at radius 1 is 1.07 bits per heavy atom. The number of nitrogens with zero attached hydrogens (tertiary/aromatic N) is 1. The molecule has 0 bridgehead atoms. The van der Waals surface area contributed by atoms with E-state index in [1.807, 2.05) is 0 Å². The average molecular weight is 393 g/mol. The number of sulfonamides is 1. The third-order valence-electron chi connectivity index (χ3n) is 3.94. The number of methoxy groups -OCH3 is 2. The lowest BCUT2D eigenvalue weighted by Gasteiger charge is -2.25. The molecule has 0 atom stereocenters. The highest BCUT2D eigenvalue weighted by Crippen LogP contribution is 2.34. The fraction of sp³-hybridized carbons (Fsp3) is 0.278. The van der Waals surface area contributed by atoms with Crippen molar-refractivity contribution in [3.63, 3.8) is 0 Å². The number of hydrogen-bond acceptors (Lipinski definition) is 7. The third-order valence-corrected chi connectivity index (χ3v) is 5.71. The number of ether oxygens (including phenoxy) is 4. The van der Waals surface area contributed by atoms with Crippen LogP contribution in [0.2, 0.25) is 0 Å². The minimum absolute atomic E-state index is 0.0292. The molecule has 2 aromatic rings. The van der Waals surface area contributed by atoms with Crippen LogP contribution in [0.4, 0.5) is 5.69 Å². The topological polar surface area (TPSA) is 91.4 Å². The van der Waals surface area contributed by atoms with E-state index in [1.54, 1.807) is 18.2 Å². The van der Waals surface area contributed by atoms with Gasteiger partial charge >= 0.3 is 5.97 Å². The van der Waals surface area contributed by atoms with Crippen molar-refractivity contribution in [1.82, 2.24) is 0 Å². The van der Waals surface area contributed by atoms with Gasteiger partial charge in [0.2, 0.25) is 0 Å². The van der Waals surface area contributed by atoms with Crippen molar-refractivity contribution in [3.8, 4) is 17.2 Å². The van der Waals surface area contributed by atoms with E-state index in [1.165, 1.54) is 38.5 Å². The van der Waals surface area contributed by atoms with E-state index in [2.05, 4.69) is 4.74 Å². The van der Waals surface area contributed by atoms with Crippen LogP contribution in [0.1, 0.15) is 0 Å². The minimum Gasteiger partial charge on any atom is -0.497 e. The SMILES string of the molecule is COC(=O)CN(c1cccc(OC)c1)S(=O)(=O)c1ccc2c(c1)OCCO2. The molecule has 2 aromatic carbocycles. The molecule has 0 N–H and O–H groups in total. The van der Waals surface area contributed by atoms with Crippen LogP contribution in [0.3, 0.4) is 0 Å². The highest BCUT2D eigenvalue weighted by atomic mass is 32.2. The van der Waals surface area contributed by atoms with Crippen molar-refractivity contribution in [2.45, 2.75) is 4.90 Å². The Bertz CT molecular complexity index is 942. The molecule has 0 aromatic heterocycles. The summed E-state index contributed by atoms with van der Waals surface area (Å²) in [4.78, 5) is 11.8. The molecule has 27 heavy (non-hydrogen) atoms. The van der Waals surface area contributed by atoms with Crippen LogP contribution in [0.25, 0.3) is 0 Å². The fourth-order valence-corrected chi connectivity index (χ4v) is 3.99. The average Bonchev–Trinajstić information content (AvgIpc) is 2.71. The van der Waals surface area contributed by atoms with Crippen LogP contribution in [-0.4, -0.2) is 48.4 Å². The molecule has 1 heterocycles. The van der Waals surface area contributed by atoms with E-state index in [0.717, 1.165) is 4.31 Å². The Balaban J connectivity index is 2.05. The van der Waals surface area contributed by atoms with E-state index >= 15 is 0 Å². The van der Waals surface area contributed by atoms with Crippen molar-refractivity contribution < 1.29 is 32.2 Å². The first kappa shape index (κ1) is 18.8. The molecule has 3 rings (SSSR count). The summed E-state index contributed by atoms with van der Waals surface area (Å²) in [6.45, 7) is 0.246. The normalized spacial score (nSPS) is 13.0. The van der Waals surface area contributed by atoms with Gasteiger partial charge in [-0.1, -0.05) is 6.07 Å². The number of rotatable bonds is 6. The van der Waals surface area contributed by atoms with Crippen molar-refractivity contribution in [2.24, 2.45) is 0 Å². The monoisotopic (exact) mass is 393 g/mol. The molecule has 0 aliphatic carbocycles. The van der Waals surface area contributed by atoms with Gasteiger partial charge in [0.25, 0.3) is 10.0 Å². The zero-order chi connectivity index (χ0) is 19.4. The number of esters is 1. The molecule has 144 valence electrons. The maximum absolute atomic E-state index is 13.3. The second-order valence-electron chi connectivity index (χ2n) is 5.59. The van der Waals surface area contributed by atoms with Crippen molar-refractivity contribution in [3.05, 3.63) is 42.5 Å². The Labute approximate surface area is 157 Å². The largest absolute Gasteiger partial charge is 0.497 e. The summed E-state index contributed by atoms with van der Waals surface area (Å²) in [6, 6.07) is 10.7. The highest BCUT2D eigenvalue weighted by Gasteiger charge is 2.29. The first-order chi connectivity index (χ1) is 13.0. The molecule has 0 spiro atoms. The van der Waals surface area contributed by atoms with Crippen LogP contribution in [0.5, 0.6) is 17.2 Å². The van der Waals surface area contributed by atoms with E-state index in [4.69, 9.17) is 14.2 Å². The summed E-state index contributed by atoms with van der Waals surface area (Å²) in [5, 5.41) is 0. The van der Waals surface area contributed by atoms with Gasteiger partial charge in [0.05, 0.1) is 24.8 Å². The number of anilines is 1. The molecule has 8 nitrogen and oxygen atoms in total. The number of fused-ring (bicyclic) bond motifs is 1. The van der Waals surface area contributed by atoms with Gasteiger partial charge in [-0.15, -0.1) is 0 Å². The van der Waals surface area contributed by atoms with E-state index in [9.17, 15) is 13.2 Å². The quantitative estimate of drug-likeness (QED) is 0.692. The lowest BCUT2D eigenvalue weighted by molar-refractivity contribution is -0.138. The number of carbonyl (C=O) groups is 1. The maximum atomic E-state index is 13.3. The van der Waals surface area contributed by atoms with Gasteiger partial charge in [0.15, 0.2) is 11.5 Å². The van der Waals surface area contributed by atoms with Gasteiger partial charge in [-0.2, -0.15) is 0 Å². The number of benzene rings is 2. The lowest BCUT2D eigenvalue weighted by Crippen LogP contribution is -2.36. The zero-order valence-electron chi connectivity index (χ0n) is 14.9. The van der Waals surface area contributed by atoms with Gasteiger partial charge in [0.1, 0.15) is 25.5 Å². The molecular formula is C18H19NO7S. The van der Waals surface area contributed by atoms with Crippen molar-refractivity contribution in [2.75, 3.05) is 38.3 Å². The maximum Gasteiger partial charge on any atom is 0.326 e. The molecule has 0 amide bonds. The summed E-state index contributed by atoms with van der Waals surface area (Å²) >= 11 is 0. The first-order valence-electron chi connectivity index (χ1n) is 8.09. The van der Waals surface area contributed by atoms with E-state index in [0.29, 0.717) is 30.5 Å². The molecule has 1 aliphatic rings. The number of hydrogen-bond donors (Lipinski definition) is 0. The van der Waals surface area contributed by atoms with Crippen LogP contribution in [0, 0.1) is 0 Å². The predicted molar refractivity (Wildman–Crippen MR) is 97.0 cm³/mol. The zero-order valence-corrected chi connectivity index (χ0v) is 15.7.